The molecule has 232 valence electrons. The highest BCUT2D eigenvalue weighted by Gasteiger charge is 2.45. The second-order valence-corrected chi connectivity index (χ2v) is 16.9. The van der Waals surface area contributed by atoms with Crippen LogP contribution in [-0.2, 0) is 9.16 Å². The van der Waals surface area contributed by atoms with Gasteiger partial charge in [-0.2, -0.15) is 4.39 Å². The van der Waals surface area contributed by atoms with Gasteiger partial charge in [0.05, 0.1) is 22.5 Å². The van der Waals surface area contributed by atoms with E-state index in [2.05, 4.69) is 20.8 Å². The molecule has 1 aromatic carbocycles. The lowest BCUT2D eigenvalue weighted by Crippen LogP contribution is -2.43. The molecular formula is C30H42F2N2O7Si. The molecule has 1 saturated carbocycles. The Balaban J connectivity index is 1.70. The van der Waals surface area contributed by atoms with E-state index in [-0.39, 0.29) is 34.5 Å². The number of carboxylic acid groups (broad SMARTS) is 1. The van der Waals surface area contributed by atoms with Crippen LogP contribution < -0.4 is 10.2 Å². The number of hydrogen-bond donors (Lipinski definition) is 1. The van der Waals surface area contributed by atoms with Crippen molar-refractivity contribution in [2.45, 2.75) is 103 Å². The summed E-state index contributed by atoms with van der Waals surface area (Å²) in [5, 5.41) is 9.35. The van der Waals surface area contributed by atoms with E-state index in [1.807, 2.05) is 13.8 Å². The molecular weight excluding hydrogens is 566 g/mol. The first-order valence-corrected chi connectivity index (χ1v) is 15.6. The van der Waals surface area contributed by atoms with Crippen LogP contribution in [0.15, 0.2) is 17.1 Å². The molecule has 2 heterocycles. The van der Waals surface area contributed by atoms with E-state index in [1.54, 1.807) is 25.7 Å². The van der Waals surface area contributed by atoms with Crippen LogP contribution in [0.3, 0.4) is 0 Å². The number of rotatable bonds is 8. The lowest BCUT2D eigenvalue weighted by molar-refractivity contribution is 0.0145. The van der Waals surface area contributed by atoms with Gasteiger partial charge in [0.2, 0.25) is 11.2 Å². The molecule has 1 saturated heterocycles. The van der Waals surface area contributed by atoms with E-state index in [9.17, 15) is 23.9 Å². The second kappa shape index (κ2) is 11.3. The van der Waals surface area contributed by atoms with Gasteiger partial charge in [-0.1, -0.05) is 20.8 Å². The predicted molar refractivity (Wildman–Crippen MR) is 157 cm³/mol. The molecule has 0 spiro atoms. The fraction of sp³-hybridized carbons (Fsp3) is 0.633. The molecule has 1 aliphatic heterocycles. The number of benzene rings is 1. The van der Waals surface area contributed by atoms with Crippen molar-refractivity contribution in [3.63, 3.8) is 0 Å². The minimum atomic E-state index is -1.45. The largest absolute Gasteiger partial charge is 0.486 e. The number of carbonyl (C=O) groups is 2. The minimum absolute atomic E-state index is 0.00426. The molecule has 1 aromatic heterocycles. The van der Waals surface area contributed by atoms with Gasteiger partial charge in [0.25, 0.3) is 0 Å². The van der Waals surface area contributed by atoms with Gasteiger partial charge in [-0.05, 0) is 65.0 Å². The van der Waals surface area contributed by atoms with Crippen LogP contribution >= 0.6 is 0 Å². The first kappa shape index (κ1) is 31.9. The molecule has 9 nitrogen and oxygen atoms in total. The molecule has 4 rings (SSSR count). The van der Waals surface area contributed by atoms with Crippen LogP contribution in [0.1, 0.15) is 91.1 Å². The highest BCUT2D eigenvalue weighted by molar-refractivity contribution is 6.31. The second-order valence-electron chi connectivity index (χ2n) is 14.2. The number of ether oxygens (including phenoxy) is 2. The predicted octanol–water partition coefficient (Wildman–Crippen LogP) is 5.41. The van der Waals surface area contributed by atoms with E-state index >= 15 is 4.39 Å². The number of carboxylic acids is 1. The maximum absolute atomic E-state index is 15.4. The van der Waals surface area contributed by atoms with Gasteiger partial charge in [-0.3, -0.25) is 4.79 Å². The molecule has 1 aliphatic carbocycles. The number of halogens is 2. The molecule has 2 aliphatic rings. The Morgan fingerprint density at radius 3 is 2.29 bits per heavy atom. The quantitative estimate of drug-likeness (QED) is 0.399. The Morgan fingerprint density at radius 2 is 1.74 bits per heavy atom. The maximum atomic E-state index is 15.4. The summed E-state index contributed by atoms with van der Waals surface area (Å²) in [6.07, 6.45) is 2.48. The Bertz CT molecular complexity index is 1440. The summed E-state index contributed by atoms with van der Waals surface area (Å²) in [7, 11) is -0.907. The van der Waals surface area contributed by atoms with Gasteiger partial charge < -0.3 is 28.5 Å². The summed E-state index contributed by atoms with van der Waals surface area (Å²) in [6, 6.07) is 0.00143. The number of nitrogens with zero attached hydrogens (tertiary/aromatic N) is 2. The molecule has 2 fully saturated rings. The standard InChI is InChI=1S/C30H42F2N2O7Si/c1-28(2,3)40-27(38)34-13-16(30(7,8)41-42-29(4,5)6)11-18(34)15-39-25-22(32)21(31)12-19-23(25)33(17-9-10-17)14-20(24(19)35)26(36)37/h12,14,16-18H,9-11,13,15,42H2,1-8H3,(H,36,37)/t16?,18-/m0/s1. The Hall–Kier alpha value is -2.99. The van der Waals surface area contributed by atoms with Gasteiger partial charge in [0.15, 0.2) is 21.3 Å². The SMILES string of the molecule is CC(C)(C)OC(=O)N1CC(C(C)(C)O[SiH2]C(C)(C)C)C[C@H]1COc1c(F)c(F)cc2c(=O)c(C(=O)O)cn(C3CC3)c12. The number of amides is 1. The lowest BCUT2D eigenvalue weighted by Gasteiger charge is -2.35. The van der Waals surface area contributed by atoms with Gasteiger partial charge >= 0.3 is 12.1 Å². The summed E-state index contributed by atoms with van der Waals surface area (Å²) in [4.78, 5) is 39.6. The molecule has 12 heteroatoms. The number of likely N-dealkylation sites (tertiary alicyclic amines) is 1. The van der Waals surface area contributed by atoms with Crippen molar-refractivity contribution in [3.05, 3.63) is 39.7 Å². The van der Waals surface area contributed by atoms with Crippen molar-refractivity contribution in [1.82, 2.24) is 9.47 Å². The van der Waals surface area contributed by atoms with Crippen molar-refractivity contribution in [2.75, 3.05) is 13.2 Å². The average molecular weight is 609 g/mol. The van der Waals surface area contributed by atoms with Gasteiger partial charge in [-0.15, -0.1) is 0 Å². The van der Waals surface area contributed by atoms with E-state index in [1.165, 1.54) is 10.8 Å². The number of aromatic nitrogens is 1. The maximum Gasteiger partial charge on any atom is 0.410 e. The molecule has 2 atom stereocenters. The Kier molecular flexibility index (Phi) is 8.56. The van der Waals surface area contributed by atoms with E-state index < -0.39 is 67.4 Å². The average Bonchev–Trinajstić information content (AvgIpc) is 3.60. The highest BCUT2D eigenvalue weighted by Crippen LogP contribution is 2.41. The number of fused-ring (bicyclic) bond motifs is 1. The normalized spacial score (nSPS) is 20.1. The fourth-order valence-electron chi connectivity index (χ4n) is 5.18. The summed E-state index contributed by atoms with van der Waals surface area (Å²) in [5.41, 5.74) is -2.74. The minimum Gasteiger partial charge on any atom is -0.486 e. The topological polar surface area (TPSA) is 107 Å². The third-order valence-electron chi connectivity index (χ3n) is 7.66. The van der Waals surface area contributed by atoms with Crippen LogP contribution in [0.4, 0.5) is 13.6 Å². The van der Waals surface area contributed by atoms with Crippen LogP contribution in [0.5, 0.6) is 5.75 Å². The summed E-state index contributed by atoms with van der Waals surface area (Å²) >= 11 is 0. The fourth-order valence-corrected chi connectivity index (χ4v) is 6.22. The van der Waals surface area contributed by atoms with E-state index in [0.29, 0.717) is 25.8 Å². The molecule has 42 heavy (non-hydrogen) atoms. The van der Waals surface area contributed by atoms with E-state index in [4.69, 9.17) is 13.9 Å². The number of pyridine rings is 1. The first-order valence-electron chi connectivity index (χ1n) is 14.4. The highest BCUT2D eigenvalue weighted by atomic mass is 28.2. The Morgan fingerprint density at radius 1 is 1.10 bits per heavy atom. The van der Waals surface area contributed by atoms with Crippen molar-refractivity contribution in [1.29, 1.82) is 0 Å². The van der Waals surface area contributed by atoms with Crippen LogP contribution in [0.25, 0.3) is 10.9 Å². The number of hydrogen-bond acceptors (Lipinski definition) is 6. The Labute approximate surface area is 247 Å². The zero-order chi connectivity index (χ0) is 31.4. The van der Waals surface area contributed by atoms with Crippen molar-refractivity contribution in [3.8, 4) is 5.75 Å². The molecule has 1 N–H and O–H groups in total. The van der Waals surface area contributed by atoms with Crippen LogP contribution in [-0.4, -0.2) is 66.8 Å². The van der Waals surface area contributed by atoms with Gasteiger partial charge in [0, 0.05) is 24.7 Å². The summed E-state index contributed by atoms with van der Waals surface area (Å²) < 4.78 is 49.7. The zero-order valence-corrected chi connectivity index (χ0v) is 27.1. The third kappa shape index (κ3) is 6.96. The van der Waals surface area contributed by atoms with Crippen molar-refractivity contribution in [2.24, 2.45) is 5.92 Å². The summed E-state index contributed by atoms with van der Waals surface area (Å²) in [6.45, 7) is 15.8. The van der Waals surface area contributed by atoms with Gasteiger partial charge in [-0.25, -0.2) is 14.0 Å². The molecule has 0 radical (unpaired) electrons. The number of carbonyl (C=O) groups excluding carboxylic acids is 1. The third-order valence-corrected chi connectivity index (χ3v) is 9.41. The van der Waals surface area contributed by atoms with E-state index in [0.717, 1.165) is 6.07 Å². The zero-order valence-electron chi connectivity index (χ0n) is 25.7. The van der Waals surface area contributed by atoms with Crippen LogP contribution in [0.2, 0.25) is 5.04 Å². The molecule has 0 bridgehead atoms. The molecule has 1 amide bonds. The monoisotopic (exact) mass is 608 g/mol. The smallest absolute Gasteiger partial charge is 0.410 e. The number of aromatic carboxylic acids is 1. The lowest BCUT2D eigenvalue weighted by atomic mass is 9.89. The van der Waals surface area contributed by atoms with Crippen LogP contribution in [0, 0.1) is 17.6 Å². The van der Waals surface area contributed by atoms with Crippen molar-refractivity contribution >= 4 is 32.7 Å². The first-order chi connectivity index (χ1) is 19.3. The molecule has 1 unspecified atom stereocenters. The van der Waals surface area contributed by atoms with Gasteiger partial charge in [0.1, 0.15) is 17.8 Å². The van der Waals surface area contributed by atoms with Crippen molar-refractivity contribution < 1.29 is 37.4 Å². The summed E-state index contributed by atoms with van der Waals surface area (Å²) in [5.74, 6) is -4.61. The molecule has 2 aromatic rings.